The van der Waals surface area contributed by atoms with Crippen molar-refractivity contribution in [1.82, 2.24) is 15.2 Å². The number of carbonyl (C=O) groups is 2. The molecule has 3 fully saturated rings. The lowest BCUT2D eigenvalue weighted by Gasteiger charge is -2.53. The molecule has 1 saturated heterocycles. The van der Waals surface area contributed by atoms with Crippen molar-refractivity contribution in [2.24, 2.45) is 11.3 Å². The van der Waals surface area contributed by atoms with Gasteiger partial charge >= 0.3 is 5.97 Å². The number of nitrogens with zero attached hydrogens (tertiary/aromatic N) is 2. The van der Waals surface area contributed by atoms with Crippen LogP contribution < -0.4 is 5.32 Å². The van der Waals surface area contributed by atoms with E-state index in [9.17, 15) is 14.9 Å². The first-order chi connectivity index (χ1) is 18.8. The summed E-state index contributed by atoms with van der Waals surface area (Å²) in [5.41, 5.74) is 6.84. The summed E-state index contributed by atoms with van der Waals surface area (Å²) in [6, 6.07) is 12.5. The standard InChI is InChI=1S/C31H33ClN4O3/c1-18-10-23(20-2-3-20)24(28-25(32)15-34-29(18)28)17-36-9-8-31(11-19(12-31)14-33)13-26(36)21-4-6-22(7-5-21)30(39)35-16-27(37)38/h4-7,10,15,19-20,26,34H,2-3,8-9,11-13,16-17H2,1H3,(H,35,39)(H,37,38)/t19?,26-,31?/m0/s1. The Morgan fingerprint density at radius 3 is 2.64 bits per heavy atom. The molecule has 2 aromatic carbocycles. The lowest BCUT2D eigenvalue weighted by Crippen LogP contribution is -2.48. The molecule has 2 aliphatic carbocycles. The molecule has 1 atom stereocenters. The Hall–Kier alpha value is -3.34. The van der Waals surface area contributed by atoms with Crippen LogP contribution in [0.15, 0.2) is 36.5 Å². The van der Waals surface area contributed by atoms with Gasteiger partial charge < -0.3 is 15.4 Å². The van der Waals surface area contributed by atoms with Crippen LogP contribution in [-0.4, -0.2) is 40.0 Å². The van der Waals surface area contributed by atoms with E-state index in [4.69, 9.17) is 16.7 Å². The highest BCUT2D eigenvalue weighted by Gasteiger charge is 2.49. The van der Waals surface area contributed by atoms with Gasteiger partial charge in [-0.2, -0.15) is 5.26 Å². The number of rotatable bonds is 7. The molecule has 6 rings (SSSR count). The highest BCUT2D eigenvalue weighted by molar-refractivity contribution is 6.36. The number of nitriles is 1. The number of fused-ring (bicyclic) bond motifs is 1. The first-order valence-corrected chi connectivity index (χ1v) is 14.2. The summed E-state index contributed by atoms with van der Waals surface area (Å²) in [5, 5.41) is 22.7. The monoisotopic (exact) mass is 544 g/mol. The number of halogens is 1. The van der Waals surface area contributed by atoms with Gasteiger partial charge in [-0.25, -0.2) is 0 Å². The molecule has 7 nitrogen and oxygen atoms in total. The number of hydrogen-bond acceptors (Lipinski definition) is 4. The Morgan fingerprint density at radius 1 is 1.23 bits per heavy atom. The third-order valence-corrected chi connectivity index (χ3v) is 9.42. The zero-order valence-corrected chi connectivity index (χ0v) is 22.9. The van der Waals surface area contributed by atoms with Crippen LogP contribution in [0.25, 0.3) is 10.9 Å². The Labute approximate surface area is 233 Å². The Bertz CT molecular complexity index is 1480. The van der Waals surface area contributed by atoms with Crippen LogP contribution in [-0.2, 0) is 11.3 Å². The van der Waals surface area contributed by atoms with Crippen molar-refractivity contribution >= 4 is 34.4 Å². The van der Waals surface area contributed by atoms with E-state index in [0.29, 0.717) is 11.5 Å². The second-order valence-corrected chi connectivity index (χ2v) is 12.2. The van der Waals surface area contributed by atoms with Gasteiger partial charge in [0.1, 0.15) is 6.54 Å². The fourth-order valence-electron chi connectivity index (χ4n) is 6.93. The summed E-state index contributed by atoms with van der Waals surface area (Å²) in [5.74, 6) is -0.725. The summed E-state index contributed by atoms with van der Waals surface area (Å²) in [4.78, 5) is 29.2. The Morgan fingerprint density at radius 2 is 1.97 bits per heavy atom. The first kappa shape index (κ1) is 25.9. The number of aromatic amines is 1. The maximum Gasteiger partial charge on any atom is 0.322 e. The van der Waals surface area contributed by atoms with Gasteiger partial charge in [0.15, 0.2) is 0 Å². The van der Waals surface area contributed by atoms with Crippen LogP contribution >= 0.6 is 11.6 Å². The molecule has 1 aromatic heterocycles. The Balaban J connectivity index is 1.33. The molecular formula is C31H33ClN4O3. The zero-order chi connectivity index (χ0) is 27.3. The molecular weight excluding hydrogens is 512 g/mol. The van der Waals surface area contributed by atoms with Crippen LogP contribution in [0.5, 0.6) is 0 Å². The number of amides is 1. The number of likely N-dealkylation sites (tertiary alicyclic amines) is 1. The van der Waals surface area contributed by atoms with Gasteiger partial charge in [0.25, 0.3) is 5.91 Å². The van der Waals surface area contributed by atoms with E-state index in [0.717, 1.165) is 60.3 Å². The number of carboxylic acid groups (broad SMARTS) is 1. The number of H-pyrrole nitrogens is 1. The molecule has 3 aromatic rings. The highest BCUT2D eigenvalue weighted by Crippen LogP contribution is 2.57. The molecule has 0 radical (unpaired) electrons. The van der Waals surface area contributed by atoms with E-state index in [-0.39, 0.29) is 17.4 Å². The number of carbonyl (C=O) groups excluding carboxylic acids is 1. The molecule has 8 heteroatoms. The maximum atomic E-state index is 12.4. The van der Waals surface area contributed by atoms with E-state index in [2.05, 4.69) is 34.3 Å². The van der Waals surface area contributed by atoms with Crippen molar-refractivity contribution in [1.29, 1.82) is 5.26 Å². The van der Waals surface area contributed by atoms with E-state index in [1.165, 1.54) is 29.5 Å². The topological polar surface area (TPSA) is 109 Å². The van der Waals surface area contributed by atoms with Crippen molar-refractivity contribution in [3.05, 3.63) is 69.4 Å². The van der Waals surface area contributed by atoms with Crippen molar-refractivity contribution in [2.75, 3.05) is 13.1 Å². The van der Waals surface area contributed by atoms with Gasteiger partial charge in [-0.05, 0) is 97.7 Å². The molecule has 3 N–H and O–H groups in total. The largest absolute Gasteiger partial charge is 0.480 e. The summed E-state index contributed by atoms with van der Waals surface area (Å²) < 4.78 is 0. The number of carboxylic acids is 1. The van der Waals surface area contributed by atoms with Gasteiger partial charge in [0.2, 0.25) is 0 Å². The molecule has 1 spiro atoms. The molecule has 2 saturated carbocycles. The van der Waals surface area contributed by atoms with Crippen molar-refractivity contribution < 1.29 is 14.7 Å². The lowest BCUT2D eigenvalue weighted by atomic mass is 9.56. The van der Waals surface area contributed by atoms with Crippen molar-refractivity contribution in [3.8, 4) is 6.07 Å². The summed E-state index contributed by atoms with van der Waals surface area (Å²) in [6.07, 6.45) is 8.29. The Kier molecular flexibility index (Phi) is 6.65. The number of hydrogen-bond donors (Lipinski definition) is 3. The van der Waals surface area contributed by atoms with Gasteiger partial charge in [0, 0.05) is 35.7 Å². The van der Waals surface area contributed by atoms with E-state index in [1.54, 1.807) is 12.1 Å². The van der Waals surface area contributed by atoms with Crippen LogP contribution in [0.4, 0.5) is 0 Å². The van der Waals surface area contributed by atoms with Crippen LogP contribution in [0, 0.1) is 29.6 Å². The van der Waals surface area contributed by atoms with Gasteiger partial charge in [0.05, 0.1) is 16.6 Å². The summed E-state index contributed by atoms with van der Waals surface area (Å²) in [6.45, 7) is 3.47. The number of nitrogens with one attached hydrogen (secondary N) is 2. The number of benzene rings is 2. The second kappa shape index (κ2) is 10.0. The fourth-order valence-corrected chi connectivity index (χ4v) is 7.20. The average molecular weight is 545 g/mol. The van der Waals surface area contributed by atoms with Gasteiger partial charge in [-0.1, -0.05) is 29.8 Å². The zero-order valence-electron chi connectivity index (χ0n) is 22.1. The third-order valence-electron chi connectivity index (χ3n) is 9.12. The first-order valence-electron chi connectivity index (χ1n) is 13.8. The molecule has 39 heavy (non-hydrogen) atoms. The normalized spacial score (nSPS) is 24.8. The minimum Gasteiger partial charge on any atom is -0.480 e. The van der Waals surface area contributed by atoms with Crippen LogP contribution in [0.3, 0.4) is 0 Å². The minimum absolute atomic E-state index is 0.148. The number of aliphatic carboxylic acids is 1. The quantitative estimate of drug-likeness (QED) is 0.334. The van der Waals surface area contributed by atoms with E-state index in [1.807, 2.05) is 18.3 Å². The smallest absolute Gasteiger partial charge is 0.322 e. The molecule has 2 heterocycles. The second-order valence-electron chi connectivity index (χ2n) is 11.8. The minimum atomic E-state index is -1.07. The van der Waals surface area contributed by atoms with Crippen LogP contribution in [0.2, 0.25) is 5.02 Å². The van der Waals surface area contributed by atoms with Crippen molar-refractivity contribution in [3.63, 3.8) is 0 Å². The van der Waals surface area contributed by atoms with Crippen molar-refractivity contribution in [2.45, 2.75) is 64.0 Å². The van der Waals surface area contributed by atoms with Gasteiger partial charge in [-0.15, -0.1) is 0 Å². The number of aromatic nitrogens is 1. The molecule has 3 aliphatic rings. The summed E-state index contributed by atoms with van der Waals surface area (Å²) in [7, 11) is 0. The number of piperidine rings is 1. The molecule has 0 bridgehead atoms. The predicted octanol–water partition coefficient (Wildman–Crippen LogP) is 6.08. The predicted molar refractivity (Wildman–Crippen MR) is 150 cm³/mol. The van der Waals surface area contributed by atoms with Crippen LogP contribution in [0.1, 0.15) is 83.1 Å². The molecule has 0 unspecified atom stereocenters. The average Bonchev–Trinajstić information content (AvgIpc) is 3.69. The lowest BCUT2D eigenvalue weighted by molar-refractivity contribution is -0.135. The van der Waals surface area contributed by atoms with Gasteiger partial charge in [-0.3, -0.25) is 14.5 Å². The fraction of sp³-hybridized carbons (Fsp3) is 0.452. The third kappa shape index (κ3) is 4.92. The molecule has 202 valence electrons. The summed E-state index contributed by atoms with van der Waals surface area (Å²) >= 11 is 6.76. The SMILES string of the molecule is Cc1cc(C2CC2)c(CN2CCC3(CC(C#N)C3)C[C@H]2c2ccc(C(=O)NCC(=O)O)cc2)c2c(Cl)c[nH]c12. The van der Waals surface area contributed by atoms with E-state index < -0.39 is 18.4 Å². The highest BCUT2D eigenvalue weighted by atomic mass is 35.5. The molecule has 1 aliphatic heterocycles. The molecule has 1 amide bonds. The maximum absolute atomic E-state index is 12.4. The number of aryl methyl sites for hydroxylation is 1. The van der Waals surface area contributed by atoms with E-state index >= 15 is 0 Å².